The molecule has 0 saturated carbocycles. The quantitative estimate of drug-likeness (QED) is 0.183. The molecule has 0 aliphatic heterocycles. The van der Waals surface area contributed by atoms with E-state index in [1.807, 2.05) is 12.1 Å². The number of nitrogens with zero attached hydrogens (tertiary/aromatic N) is 2. The van der Waals surface area contributed by atoms with Gasteiger partial charge in [0.2, 0.25) is 0 Å². The summed E-state index contributed by atoms with van der Waals surface area (Å²) in [6, 6.07) is 59.3. The minimum Gasteiger partial charge on any atom is -0.307 e. The van der Waals surface area contributed by atoms with Gasteiger partial charge >= 0.3 is 0 Å². The average Bonchev–Trinajstić information content (AvgIpc) is 3.65. The van der Waals surface area contributed by atoms with Gasteiger partial charge in [-0.25, -0.2) is 0 Å². The first-order valence-electron chi connectivity index (χ1n) is 16.3. The van der Waals surface area contributed by atoms with E-state index in [1.165, 1.54) is 70.9 Å². The van der Waals surface area contributed by atoms with Gasteiger partial charge in [-0.15, -0.1) is 0 Å². The van der Waals surface area contributed by atoms with Crippen LogP contribution >= 0.6 is 0 Å². The molecule has 0 saturated heterocycles. The Morgan fingerprint density at radius 3 is 1.65 bits per heavy atom. The summed E-state index contributed by atoms with van der Waals surface area (Å²) >= 11 is 0. The predicted octanol–water partition coefficient (Wildman–Crippen LogP) is 11.9. The van der Waals surface area contributed by atoms with Gasteiger partial charge in [0, 0.05) is 32.9 Å². The molecule has 214 valence electrons. The molecule has 0 fully saturated rings. The molecule has 0 atom stereocenters. The Morgan fingerprint density at radius 2 is 0.913 bits per heavy atom. The van der Waals surface area contributed by atoms with E-state index in [-0.39, 0.29) is 0 Å². The second-order valence-corrected chi connectivity index (χ2v) is 12.1. The molecule has 0 bridgehead atoms. The van der Waals surface area contributed by atoms with Gasteiger partial charge < -0.3 is 9.13 Å². The maximum absolute atomic E-state index is 8.10. The molecular formula is C44H28N2. The summed E-state index contributed by atoms with van der Waals surface area (Å²) in [6.07, 6.45) is 0. The smallest absolute Gasteiger partial charge is 0.0788 e. The maximum Gasteiger partial charge on any atom is 0.0788 e. The normalized spacial score (nSPS) is 12.2. The minimum atomic E-state index is 0.535. The molecule has 2 heterocycles. The summed E-state index contributed by atoms with van der Waals surface area (Å²) in [5, 5.41) is 9.60. The number of para-hydroxylation sites is 2. The molecule has 46 heavy (non-hydrogen) atoms. The molecule has 0 N–H and O–H groups in total. The Bertz CT molecular complexity index is 2860. The van der Waals surface area contributed by atoms with Crippen LogP contribution in [-0.4, -0.2) is 9.13 Å². The van der Waals surface area contributed by atoms with Crippen LogP contribution in [0.5, 0.6) is 0 Å². The van der Waals surface area contributed by atoms with Gasteiger partial charge in [-0.3, -0.25) is 0 Å². The van der Waals surface area contributed by atoms with Crippen molar-refractivity contribution in [3.8, 4) is 22.5 Å². The van der Waals surface area contributed by atoms with E-state index < -0.39 is 0 Å². The summed E-state index contributed by atoms with van der Waals surface area (Å²) in [5.41, 5.74) is 9.44. The van der Waals surface area contributed by atoms with Gasteiger partial charge in [0.15, 0.2) is 0 Å². The van der Waals surface area contributed by atoms with Gasteiger partial charge in [0.05, 0.1) is 23.4 Å². The van der Waals surface area contributed by atoms with Gasteiger partial charge in [-0.1, -0.05) is 133 Å². The van der Waals surface area contributed by atoms with E-state index in [2.05, 4.69) is 161 Å². The lowest BCUT2D eigenvalue weighted by atomic mass is 10.0. The molecule has 0 spiro atoms. The lowest BCUT2D eigenvalue weighted by molar-refractivity contribution is 1.15. The van der Waals surface area contributed by atoms with Crippen molar-refractivity contribution in [3.63, 3.8) is 0 Å². The minimum absolute atomic E-state index is 0.535. The van der Waals surface area contributed by atoms with Crippen molar-refractivity contribution in [2.24, 2.45) is 0 Å². The van der Waals surface area contributed by atoms with Crippen molar-refractivity contribution in [3.05, 3.63) is 170 Å². The highest BCUT2D eigenvalue weighted by Gasteiger charge is 2.21. The second kappa shape index (κ2) is 9.69. The first-order valence-corrected chi connectivity index (χ1v) is 15.8. The van der Waals surface area contributed by atoms with Gasteiger partial charge in [0.1, 0.15) is 0 Å². The Kier molecular flexibility index (Phi) is 5.10. The monoisotopic (exact) mass is 585 g/mol. The van der Waals surface area contributed by atoms with Crippen molar-refractivity contribution in [1.29, 1.82) is 0 Å². The van der Waals surface area contributed by atoms with Crippen LogP contribution in [0.1, 0.15) is 1.37 Å². The molecule has 2 heteroatoms. The van der Waals surface area contributed by atoms with Crippen molar-refractivity contribution in [2.45, 2.75) is 0 Å². The first kappa shape index (κ1) is 24.2. The number of hydrogen-bond acceptors (Lipinski definition) is 0. The highest BCUT2D eigenvalue weighted by Crippen LogP contribution is 2.42. The zero-order chi connectivity index (χ0) is 31.1. The number of aromatic nitrogens is 2. The zero-order valence-electron chi connectivity index (χ0n) is 26.0. The lowest BCUT2D eigenvalue weighted by Gasteiger charge is -2.14. The Morgan fingerprint density at radius 1 is 0.348 bits per heavy atom. The fourth-order valence-corrected chi connectivity index (χ4v) is 7.57. The van der Waals surface area contributed by atoms with Crippen LogP contribution in [0.15, 0.2) is 170 Å². The molecule has 0 aliphatic rings. The number of fused-ring (bicyclic) bond motifs is 10. The number of benzene rings is 8. The van der Waals surface area contributed by atoms with E-state index >= 15 is 0 Å². The fraction of sp³-hybridized carbons (Fsp3) is 0. The fourth-order valence-electron chi connectivity index (χ4n) is 7.57. The highest BCUT2D eigenvalue weighted by atomic mass is 15.0. The first-order chi connectivity index (χ1) is 23.2. The van der Waals surface area contributed by atoms with Crippen LogP contribution in [0, 0.1) is 0 Å². The van der Waals surface area contributed by atoms with E-state index in [0.29, 0.717) is 6.04 Å². The Balaban J connectivity index is 1.33. The second-order valence-electron chi connectivity index (χ2n) is 12.1. The maximum atomic E-state index is 8.10. The third-order valence-electron chi connectivity index (χ3n) is 9.60. The standard InChI is InChI=1S/C44H28N2/c1-2-11-29(12-3-1)31-14-10-15-33(27-31)45-41-19-8-6-17-37(41)39-25-26-40-38-18-7-9-20-42(38)46(44(40)43(39)45)34-23-24-36-32(28-34)22-21-30-13-4-5-16-35(30)36/h1-28H/i4D. The average molecular weight is 586 g/mol. The predicted molar refractivity (Wildman–Crippen MR) is 196 cm³/mol. The van der Waals surface area contributed by atoms with Crippen LogP contribution in [0.2, 0.25) is 0 Å². The van der Waals surface area contributed by atoms with Crippen LogP contribution in [0.3, 0.4) is 0 Å². The van der Waals surface area contributed by atoms with Crippen LogP contribution in [-0.2, 0) is 0 Å². The summed E-state index contributed by atoms with van der Waals surface area (Å²) in [5.74, 6) is 0. The third kappa shape index (κ3) is 3.59. The Hall–Kier alpha value is -6.12. The highest BCUT2D eigenvalue weighted by molar-refractivity contribution is 6.24. The van der Waals surface area contributed by atoms with Crippen molar-refractivity contribution < 1.29 is 1.37 Å². The Labute approximate surface area is 267 Å². The summed E-state index contributed by atoms with van der Waals surface area (Å²) in [6.45, 7) is 0. The van der Waals surface area contributed by atoms with Crippen LogP contribution in [0.25, 0.3) is 87.7 Å². The van der Waals surface area contributed by atoms with Crippen molar-refractivity contribution in [1.82, 2.24) is 9.13 Å². The molecule has 10 rings (SSSR count). The molecule has 0 aliphatic carbocycles. The third-order valence-corrected chi connectivity index (χ3v) is 9.60. The van der Waals surface area contributed by atoms with Gasteiger partial charge in [-0.2, -0.15) is 0 Å². The van der Waals surface area contributed by atoms with E-state index in [9.17, 15) is 0 Å². The van der Waals surface area contributed by atoms with Crippen LogP contribution < -0.4 is 0 Å². The molecule has 10 aromatic rings. The molecule has 2 aromatic heterocycles. The lowest BCUT2D eigenvalue weighted by Crippen LogP contribution is -1.99. The van der Waals surface area contributed by atoms with Crippen molar-refractivity contribution in [2.75, 3.05) is 0 Å². The topological polar surface area (TPSA) is 9.86 Å². The van der Waals surface area contributed by atoms with Gasteiger partial charge in [-0.05, 0) is 69.1 Å². The summed E-state index contributed by atoms with van der Waals surface area (Å²) in [4.78, 5) is 0. The molecular weight excluding hydrogens is 556 g/mol. The largest absolute Gasteiger partial charge is 0.307 e. The van der Waals surface area contributed by atoms with Crippen LogP contribution in [0.4, 0.5) is 0 Å². The molecule has 2 nitrogen and oxygen atoms in total. The molecule has 0 radical (unpaired) electrons. The SMILES string of the molecule is [2H]c1ccc2c(ccc3cc(-n4c5ccccc5c5ccc6c7ccccc7n(-c7cccc(-c8ccccc8)c7)c6c54)ccc32)c1. The molecule has 0 unspecified atom stereocenters. The molecule has 8 aromatic carbocycles. The number of rotatable bonds is 3. The summed E-state index contributed by atoms with van der Waals surface area (Å²) in [7, 11) is 0. The zero-order valence-corrected chi connectivity index (χ0v) is 25.0. The van der Waals surface area contributed by atoms with E-state index in [0.717, 1.165) is 16.8 Å². The number of hydrogen-bond donors (Lipinski definition) is 0. The van der Waals surface area contributed by atoms with E-state index in [4.69, 9.17) is 1.37 Å². The van der Waals surface area contributed by atoms with Crippen molar-refractivity contribution >= 4 is 65.2 Å². The van der Waals surface area contributed by atoms with Gasteiger partial charge in [0.25, 0.3) is 0 Å². The summed E-state index contributed by atoms with van der Waals surface area (Å²) < 4.78 is 13.0. The van der Waals surface area contributed by atoms with E-state index in [1.54, 1.807) is 0 Å². The molecule has 0 amide bonds.